The van der Waals surface area contributed by atoms with Crippen molar-refractivity contribution in [1.82, 2.24) is 4.90 Å². The van der Waals surface area contributed by atoms with Crippen molar-refractivity contribution < 1.29 is 37.0 Å². The second kappa shape index (κ2) is 12.2. The summed E-state index contributed by atoms with van der Waals surface area (Å²) in [7, 11) is -1.71. The standard InChI is InChI=1S/C22H30N2O8S/c1-3-4-10-24(17-9-11-33(28,29)15-17)21(26)14-32-22(27)8-6-16-5-7-18(19(12-16)30-2)31-13-20(23)25/h5-8,12,17H,3-4,9-11,13-15H2,1-2H3,(H2,23,25). The molecular formula is C22H30N2O8S. The Morgan fingerprint density at radius 3 is 2.58 bits per heavy atom. The monoisotopic (exact) mass is 482 g/mol. The van der Waals surface area contributed by atoms with Gasteiger partial charge in [-0.1, -0.05) is 19.4 Å². The average molecular weight is 483 g/mol. The molecule has 2 rings (SSSR count). The van der Waals surface area contributed by atoms with Gasteiger partial charge in [-0.25, -0.2) is 13.2 Å². The Kier molecular flexibility index (Phi) is 9.71. The number of unbranched alkanes of at least 4 members (excludes halogenated alkanes) is 1. The largest absolute Gasteiger partial charge is 0.493 e. The molecule has 1 atom stereocenters. The second-order valence-electron chi connectivity index (χ2n) is 7.60. The summed E-state index contributed by atoms with van der Waals surface area (Å²) in [6.45, 7) is 1.64. The number of nitrogens with two attached hydrogens (primary N) is 1. The summed E-state index contributed by atoms with van der Waals surface area (Å²) in [5.74, 6) is -1.08. The van der Waals surface area contributed by atoms with E-state index in [-0.39, 0.29) is 24.2 Å². The molecule has 0 spiro atoms. The molecule has 1 aromatic rings. The molecule has 1 heterocycles. The van der Waals surface area contributed by atoms with Gasteiger partial charge in [0, 0.05) is 18.7 Å². The Hall–Kier alpha value is -3.08. The SMILES string of the molecule is CCCCN(C(=O)COC(=O)C=Cc1ccc(OCC(N)=O)c(OC)c1)C1CCS(=O)(=O)C1. The summed E-state index contributed by atoms with van der Waals surface area (Å²) >= 11 is 0. The van der Waals surface area contributed by atoms with Crippen LogP contribution >= 0.6 is 0 Å². The van der Waals surface area contributed by atoms with Crippen LogP contribution < -0.4 is 15.2 Å². The highest BCUT2D eigenvalue weighted by Crippen LogP contribution is 2.28. The van der Waals surface area contributed by atoms with E-state index in [0.29, 0.717) is 30.0 Å². The van der Waals surface area contributed by atoms with Crippen molar-refractivity contribution in [1.29, 1.82) is 0 Å². The minimum Gasteiger partial charge on any atom is -0.493 e. The number of rotatable bonds is 12. The Morgan fingerprint density at radius 1 is 1.21 bits per heavy atom. The molecule has 0 aromatic heterocycles. The van der Waals surface area contributed by atoms with Crippen molar-refractivity contribution in [2.75, 3.05) is 38.4 Å². The molecule has 1 unspecified atom stereocenters. The van der Waals surface area contributed by atoms with Crippen LogP contribution in [0.5, 0.6) is 11.5 Å². The van der Waals surface area contributed by atoms with E-state index in [1.807, 2.05) is 6.92 Å². The van der Waals surface area contributed by atoms with Gasteiger partial charge < -0.3 is 24.8 Å². The number of amides is 2. The lowest BCUT2D eigenvalue weighted by molar-refractivity contribution is -0.149. The lowest BCUT2D eigenvalue weighted by atomic mass is 10.2. The maximum absolute atomic E-state index is 12.6. The first-order valence-electron chi connectivity index (χ1n) is 10.6. The lowest BCUT2D eigenvalue weighted by Crippen LogP contribution is -2.43. The molecular weight excluding hydrogens is 452 g/mol. The number of sulfone groups is 1. The van der Waals surface area contributed by atoms with Crippen LogP contribution in [0.4, 0.5) is 0 Å². The first-order chi connectivity index (χ1) is 15.6. The van der Waals surface area contributed by atoms with Crippen LogP contribution in [0.3, 0.4) is 0 Å². The lowest BCUT2D eigenvalue weighted by Gasteiger charge is -2.28. The van der Waals surface area contributed by atoms with Gasteiger partial charge in [0.25, 0.3) is 11.8 Å². The highest BCUT2D eigenvalue weighted by atomic mass is 32.2. The molecule has 0 radical (unpaired) electrons. The number of benzene rings is 1. The van der Waals surface area contributed by atoms with Gasteiger partial charge >= 0.3 is 5.97 Å². The van der Waals surface area contributed by atoms with E-state index in [2.05, 4.69) is 0 Å². The van der Waals surface area contributed by atoms with Crippen molar-refractivity contribution >= 4 is 33.7 Å². The number of carbonyl (C=O) groups is 3. The van der Waals surface area contributed by atoms with Crippen LogP contribution in [0.2, 0.25) is 0 Å². The second-order valence-corrected chi connectivity index (χ2v) is 9.83. The van der Waals surface area contributed by atoms with Crippen molar-refractivity contribution in [3.63, 3.8) is 0 Å². The summed E-state index contributed by atoms with van der Waals surface area (Å²) in [5.41, 5.74) is 5.66. The number of primary amides is 1. The number of esters is 1. The van der Waals surface area contributed by atoms with E-state index < -0.39 is 34.2 Å². The molecule has 33 heavy (non-hydrogen) atoms. The Bertz CT molecular complexity index is 990. The summed E-state index contributed by atoms with van der Waals surface area (Å²) in [5, 5.41) is 0. The van der Waals surface area contributed by atoms with E-state index in [0.717, 1.165) is 12.8 Å². The van der Waals surface area contributed by atoms with Crippen LogP contribution in [0.1, 0.15) is 31.7 Å². The fourth-order valence-corrected chi connectivity index (χ4v) is 5.08. The van der Waals surface area contributed by atoms with Crippen molar-refractivity contribution in [2.45, 2.75) is 32.2 Å². The van der Waals surface area contributed by atoms with Gasteiger partial charge in [-0.05, 0) is 36.6 Å². The summed E-state index contributed by atoms with van der Waals surface area (Å²) in [6, 6.07) is 4.42. The van der Waals surface area contributed by atoms with E-state index in [1.165, 1.54) is 24.2 Å². The Morgan fingerprint density at radius 2 is 1.97 bits per heavy atom. The van der Waals surface area contributed by atoms with Crippen molar-refractivity contribution in [2.24, 2.45) is 5.73 Å². The number of hydrogen-bond donors (Lipinski definition) is 1. The van der Waals surface area contributed by atoms with Crippen molar-refractivity contribution in [3.8, 4) is 11.5 Å². The smallest absolute Gasteiger partial charge is 0.331 e. The first kappa shape index (κ1) is 26.2. The number of nitrogens with zero attached hydrogens (tertiary/aromatic N) is 1. The van der Waals surface area contributed by atoms with Gasteiger partial charge in [-0.15, -0.1) is 0 Å². The van der Waals surface area contributed by atoms with E-state index >= 15 is 0 Å². The summed E-state index contributed by atoms with van der Waals surface area (Å²) in [4.78, 5) is 37.1. The third-order valence-electron chi connectivity index (χ3n) is 5.03. The Labute approximate surface area is 193 Å². The predicted octanol–water partition coefficient (Wildman–Crippen LogP) is 0.932. The molecule has 1 aliphatic rings. The zero-order chi connectivity index (χ0) is 24.4. The molecule has 0 saturated carbocycles. The van der Waals surface area contributed by atoms with Crippen LogP contribution in [0.25, 0.3) is 6.08 Å². The van der Waals surface area contributed by atoms with E-state index in [9.17, 15) is 22.8 Å². The molecule has 2 N–H and O–H groups in total. The van der Waals surface area contributed by atoms with Gasteiger partial charge in [0.1, 0.15) is 0 Å². The number of methoxy groups -OCH3 is 1. The average Bonchev–Trinajstić information content (AvgIpc) is 3.14. The highest BCUT2D eigenvalue weighted by Gasteiger charge is 2.34. The molecule has 1 aromatic carbocycles. The molecule has 182 valence electrons. The van der Waals surface area contributed by atoms with Gasteiger partial charge in [-0.3, -0.25) is 9.59 Å². The molecule has 0 bridgehead atoms. The molecule has 0 aliphatic carbocycles. The zero-order valence-corrected chi connectivity index (χ0v) is 19.6. The fourth-order valence-electron chi connectivity index (χ4n) is 3.34. The molecule has 1 fully saturated rings. The van der Waals surface area contributed by atoms with Crippen LogP contribution in [0, 0.1) is 0 Å². The molecule has 11 heteroatoms. The molecule has 10 nitrogen and oxygen atoms in total. The maximum atomic E-state index is 12.6. The third kappa shape index (κ3) is 8.41. The molecule has 1 aliphatic heterocycles. The first-order valence-corrected chi connectivity index (χ1v) is 12.4. The topological polar surface area (TPSA) is 142 Å². The third-order valence-corrected chi connectivity index (χ3v) is 6.78. The van der Waals surface area contributed by atoms with E-state index in [1.54, 1.807) is 18.2 Å². The molecule has 2 amide bonds. The van der Waals surface area contributed by atoms with Gasteiger partial charge in [0.05, 0.1) is 18.6 Å². The minimum absolute atomic E-state index is 0.0582. The van der Waals surface area contributed by atoms with Crippen LogP contribution in [0.15, 0.2) is 24.3 Å². The minimum atomic E-state index is -3.14. The van der Waals surface area contributed by atoms with Gasteiger partial charge in [-0.2, -0.15) is 0 Å². The van der Waals surface area contributed by atoms with Gasteiger partial charge in [0.15, 0.2) is 34.6 Å². The fraction of sp³-hybridized carbons (Fsp3) is 0.500. The van der Waals surface area contributed by atoms with Crippen molar-refractivity contribution in [3.05, 3.63) is 29.8 Å². The van der Waals surface area contributed by atoms with Crippen LogP contribution in [-0.4, -0.2) is 75.5 Å². The highest BCUT2D eigenvalue weighted by molar-refractivity contribution is 7.91. The summed E-state index contributed by atoms with van der Waals surface area (Å²) in [6.07, 6.45) is 4.62. The molecule has 1 saturated heterocycles. The number of carbonyl (C=O) groups excluding carboxylic acids is 3. The maximum Gasteiger partial charge on any atom is 0.331 e. The van der Waals surface area contributed by atoms with Gasteiger partial charge in [0.2, 0.25) is 0 Å². The predicted molar refractivity (Wildman–Crippen MR) is 121 cm³/mol. The quantitative estimate of drug-likeness (QED) is 0.342. The normalized spacial score (nSPS) is 17.0. The summed E-state index contributed by atoms with van der Waals surface area (Å²) < 4.78 is 39.1. The number of ether oxygens (including phenoxy) is 3. The Balaban J connectivity index is 1.94. The van der Waals surface area contributed by atoms with Crippen LogP contribution in [-0.2, 0) is 29.0 Å². The van der Waals surface area contributed by atoms with E-state index in [4.69, 9.17) is 19.9 Å². The number of hydrogen-bond acceptors (Lipinski definition) is 8. The zero-order valence-electron chi connectivity index (χ0n) is 18.8.